The van der Waals surface area contributed by atoms with E-state index >= 15 is 0 Å². The molecular weight excluding hydrogens is 432 g/mol. The fourth-order valence-corrected chi connectivity index (χ4v) is 4.15. The minimum absolute atomic E-state index is 0.0191. The quantitative estimate of drug-likeness (QED) is 0.320. The zero-order valence-electron chi connectivity index (χ0n) is 20.6. The molecule has 7 nitrogen and oxygen atoms in total. The maximum absolute atomic E-state index is 13.2. The molecule has 2 aromatic rings. The van der Waals surface area contributed by atoms with Gasteiger partial charge in [0.25, 0.3) is 11.7 Å². The number of ketones is 1. The molecule has 7 heteroatoms. The van der Waals surface area contributed by atoms with Crippen molar-refractivity contribution in [2.24, 2.45) is 0 Å². The number of aliphatic hydroxyl groups excluding tert-OH is 1. The summed E-state index contributed by atoms with van der Waals surface area (Å²) < 4.78 is 10.9. The lowest BCUT2D eigenvalue weighted by Crippen LogP contribution is -2.38. The minimum Gasteiger partial charge on any atom is -0.507 e. The minimum atomic E-state index is -0.687. The molecule has 1 fully saturated rings. The van der Waals surface area contributed by atoms with Gasteiger partial charge in [-0.25, -0.2) is 0 Å². The van der Waals surface area contributed by atoms with Crippen LogP contribution in [0.4, 0.5) is 0 Å². The molecule has 1 N–H and O–H groups in total. The summed E-state index contributed by atoms with van der Waals surface area (Å²) in [4.78, 5) is 30.0. The summed E-state index contributed by atoms with van der Waals surface area (Å²) in [6.45, 7) is 10.7. The SMILES string of the molecule is CCN(CC)CCN1C(=O)C(=O)/C(=C(/O)c2ccc(OC(C)C)cc2)[C@@H]1c1ccc(OC)cc1. The number of aliphatic hydroxyl groups is 1. The third kappa shape index (κ3) is 5.42. The molecular formula is C27H34N2O5. The largest absolute Gasteiger partial charge is 0.507 e. The number of nitrogens with zero attached hydrogens (tertiary/aromatic N) is 2. The van der Waals surface area contributed by atoms with Crippen molar-refractivity contribution in [3.05, 3.63) is 65.2 Å². The molecule has 182 valence electrons. The van der Waals surface area contributed by atoms with E-state index in [2.05, 4.69) is 18.7 Å². The third-order valence-corrected chi connectivity index (χ3v) is 6.02. The first-order valence-electron chi connectivity index (χ1n) is 11.7. The van der Waals surface area contributed by atoms with Gasteiger partial charge in [0.2, 0.25) is 0 Å². The molecule has 1 heterocycles. The molecule has 1 atom stereocenters. The molecule has 0 aliphatic carbocycles. The molecule has 0 radical (unpaired) electrons. The standard InChI is InChI=1S/C27H34N2O5/c1-6-28(7-2)16-17-29-24(19-8-12-21(33-5)13-9-19)23(26(31)27(29)32)25(30)20-10-14-22(15-11-20)34-18(3)4/h8-15,18,24,30H,6-7,16-17H2,1-5H3/b25-23+/t24-/m0/s1. The van der Waals surface area contributed by atoms with Crippen molar-refractivity contribution in [1.29, 1.82) is 0 Å². The Kier molecular flexibility index (Phi) is 8.34. The smallest absolute Gasteiger partial charge is 0.295 e. The zero-order chi connectivity index (χ0) is 24.8. The van der Waals surface area contributed by atoms with Crippen molar-refractivity contribution >= 4 is 17.4 Å². The number of amides is 1. The predicted molar refractivity (Wildman–Crippen MR) is 132 cm³/mol. The topological polar surface area (TPSA) is 79.3 Å². The van der Waals surface area contributed by atoms with Gasteiger partial charge in [0.1, 0.15) is 17.3 Å². The van der Waals surface area contributed by atoms with E-state index in [-0.39, 0.29) is 17.4 Å². The Labute approximate surface area is 201 Å². The fraction of sp³-hybridized carbons (Fsp3) is 0.407. The number of Topliss-reactive ketones (excluding diaryl/α,β-unsaturated/α-hetero) is 1. The lowest BCUT2D eigenvalue weighted by molar-refractivity contribution is -0.140. The van der Waals surface area contributed by atoms with E-state index in [1.807, 2.05) is 26.0 Å². The number of likely N-dealkylation sites (N-methyl/N-ethyl adjacent to an activating group) is 1. The number of methoxy groups -OCH3 is 1. The van der Waals surface area contributed by atoms with Gasteiger partial charge in [-0.3, -0.25) is 9.59 Å². The van der Waals surface area contributed by atoms with Gasteiger partial charge in [-0.15, -0.1) is 0 Å². The van der Waals surface area contributed by atoms with Crippen LogP contribution in [0.1, 0.15) is 44.9 Å². The molecule has 3 rings (SSSR count). The highest BCUT2D eigenvalue weighted by Gasteiger charge is 2.45. The molecule has 0 aromatic heterocycles. The van der Waals surface area contributed by atoms with Crippen molar-refractivity contribution in [3.63, 3.8) is 0 Å². The molecule has 34 heavy (non-hydrogen) atoms. The Bertz CT molecular complexity index is 1020. The Balaban J connectivity index is 2.04. The van der Waals surface area contributed by atoms with Crippen LogP contribution in [0, 0.1) is 0 Å². The zero-order valence-corrected chi connectivity index (χ0v) is 20.6. The van der Waals surface area contributed by atoms with Crippen LogP contribution in [0.25, 0.3) is 5.76 Å². The number of carbonyl (C=O) groups is 2. The number of benzene rings is 2. The molecule has 0 unspecified atom stereocenters. The average molecular weight is 467 g/mol. The number of carbonyl (C=O) groups excluding carboxylic acids is 2. The Hall–Kier alpha value is -3.32. The van der Waals surface area contributed by atoms with Crippen LogP contribution in [0.2, 0.25) is 0 Å². The van der Waals surface area contributed by atoms with Crippen molar-refractivity contribution in [2.75, 3.05) is 33.3 Å². The van der Waals surface area contributed by atoms with Gasteiger partial charge in [0.15, 0.2) is 0 Å². The summed E-state index contributed by atoms with van der Waals surface area (Å²) >= 11 is 0. The summed E-state index contributed by atoms with van der Waals surface area (Å²) in [6.07, 6.45) is 0.0191. The number of ether oxygens (including phenoxy) is 2. The summed E-state index contributed by atoms with van der Waals surface area (Å²) in [5.41, 5.74) is 1.28. The fourth-order valence-electron chi connectivity index (χ4n) is 4.15. The maximum Gasteiger partial charge on any atom is 0.295 e. The van der Waals surface area contributed by atoms with E-state index in [9.17, 15) is 14.7 Å². The number of hydrogen-bond acceptors (Lipinski definition) is 6. The van der Waals surface area contributed by atoms with Gasteiger partial charge in [0, 0.05) is 18.7 Å². The number of likely N-dealkylation sites (tertiary alicyclic amines) is 1. The van der Waals surface area contributed by atoms with E-state index in [0.717, 1.165) is 18.7 Å². The van der Waals surface area contributed by atoms with Crippen molar-refractivity contribution in [3.8, 4) is 11.5 Å². The van der Waals surface area contributed by atoms with E-state index < -0.39 is 17.7 Å². The molecule has 2 aromatic carbocycles. The first-order valence-corrected chi connectivity index (χ1v) is 11.7. The lowest BCUT2D eigenvalue weighted by Gasteiger charge is -2.28. The van der Waals surface area contributed by atoms with E-state index in [1.165, 1.54) is 0 Å². The van der Waals surface area contributed by atoms with Gasteiger partial charge in [-0.2, -0.15) is 0 Å². The molecule has 0 bridgehead atoms. The maximum atomic E-state index is 13.2. The summed E-state index contributed by atoms with van der Waals surface area (Å²) in [6, 6.07) is 13.4. The summed E-state index contributed by atoms with van der Waals surface area (Å²) in [5.74, 6) is -0.141. The molecule has 0 saturated carbocycles. The lowest BCUT2D eigenvalue weighted by atomic mass is 9.95. The monoisotopic (exact) mass is 466 g/mol. The van der Waals surface area contributed by atoms with E-state index in [1.54, 1.807) is 48.4 Å². The van der Waals surface area contributed by atoms with Crippen LogP contribution in [0.15, 0.2) is 54.1 Å². The number of hydrogen-bond donors (Lipinski definition) is 1. The van der Waals surface area contributed by atoms with Crippen LogP contribution >= 0.6 is 0 Å². The Morgan fingerprint density at radius 3 is 2.12 bits per heavy atom. The highest BCUT2D eigenvalue weighted by molar-refractivity contribution is 6.46. The van der Waals surface area contributed by atoms with Crippen LogP contribution in [-0.2, 0) is 9.59 Å². The van der Waals surface area contributed by atoms with Crippen molar-refractivity contribution < 1.29 is 24.2 Å². The molecule has 1 saturated heterocycles. The highest BCUT2D eigenvalue weighted by atomic mass is 16.5. The third-order valence-electron chi connectivity index (χ3n) is 6.02. The first-order chi connectivity index (χ1) is 16.3. The van der Waals surface area contributed by atoms with Gasteiger partial charge < -0.3 is 24.4 Å². The Morgan fingerprint density at radius 1 is 1.00 bits per heavy atom. The van der Waals surface area contributed by atoms with Gasteiger partial charge in [-0.05, 0) is 68.9 Å². The van der Waals surface area contributed by atoms with Crippen LogP contribution < -0.4 is 9.47 Å². The second-order valence-electron chi connectivity index (χ2n) is 8.48. The molecule has 1 amide bonds. The van der Waals surface area contributed by atoms with Gasteiger partial charge >= 0.3 is 0 Å². The molecule has 1 aliphatic heterocycles. The van der Waals surface area contributed by atoms with Crippen LogP contribution in [0.3, 0.4) is 0 Å². The molecule has 0 spiro atoms. The Morgan fingerprint density at radius 2 is 1.59 bits per heavy atom. The summed E-state index contributed by atoms with van der Waals surface area (Å²) in [5, 5.41) is 11.2. The van der Waals surface area contributed by atoms with Crippen molar-refractivity contribution in [1.82, 2.24) is 9.80 Å². The molecule has 1 aliphatic rings. The predicted octanol–water partition coefficient (Wildman–Crippen LogP) is 4.25. The van der Waals surface area contributed by atoms with E-state index in [0.29, 0.717) is 30.2 Å². The average Bonchev–Trinajstić information content (AvgIpc) is 3.09. The first kappa shape index (κ1) is 25.3. The van der Waals surface area contributed by atoms with Gasteiger partial charge in [0.05, 0.1) is 24.8 Å². The van der Waals surface area contributed by atoms with Crippen molar-refractivity contribution in [2.45, 2.75) is 39.8 Å². The second kappa shape index (κ2) is 11.2. The second-order valence-corrected chi connectivity index (χ2v) is 8.48. The summed E-state index contributed by atoms with van der Waals surface area (Å²) in [7, 11) is 1.58. The number of rotatable bonds is 10. The highest BCUT2D eigenvalue weighted by Crippen LogP contribution is 2.39. The van der Waals surface area contributed by atoms with E-state index in [4.69, 9.17) is 9.47 Å². The van der Waals surface area contributed by atoms with Crippen LogP contribution in [-0.4, -0.2) is 66.0 Å². The van der Waals surface area contributed by atoms with Gasteiger partial charge in [-0.1, -0.05) is 26.0 Å². The van der Waals surface area contributed by atoms with Crippen LogP contribution in [0.5, 0.6) is 11.5 Å². The normalized spacial score (nSPS) is 17.6.